The van der Waals surface area contributed by atoms with E-state index in [9.17, 15) is 29.3 Å². The van der Waals surface area contributed by atoms with Gasteiger partial charge in [-0.2, -0.15) is 10.3 Å². The third kappa shape index (κ3) is 6.54. The van der Waals surface area contributed by atoms with E-state index in [1.165, 1.54) is 26.0 Å². The van der Waals surface area contributed by atoms with Crippen LogP contribution in [0.1, 0.15) is 33.9 Å². The maximum atomic E-state index is 13.7. The van der Waals surface area contributed by atoms with Gasteiger partial charge in [0.05, 0.1) is 18.8 Å². The Morgan fingerprint density at radius 2 is 1.97 bits per heavy atom. The van der Waals surface area contributed by atoms with Crippen molar-refractivity contribution in [2.75, 3.05) is 6.61 Å². The zero-order valence-corrected chi connectivity index (χ0v) is 21.6. The fourth-order valence-corrected chi connectivity index (χ4v) is 5.14. The average molecular weight is 536 g/mol. The van der Waals surface area contributed by atoms with Crippen LogP contribution in [0.15, 0.2) is 52.2 Å². The second-order valence-electron chi connectivity index (χ2n) is 8.92. The standard InChI is InChI=1S/C23H29N4O9P/c1-14(2)34-20(30)15(3)26-37(32,36-16-8-6-5-7-9-16)33-12-17-19(29)23(4,13-24)21(35-17)27-11-10-18(28)25-22(27)31/h5-11,14-15,17,19,21,29H,12H2,1-4H3,(H,26,32)(H,25,28,31)/t15-,17-,19-,21-,23-,37?/m1/s1. The van der Waals surface area contributed by atoms with E-state index in [0.717, 1.165) is 16.8 Å². The number of nitrogens with one attached hydrogen (secondary N) is 2. The highest BCUT2D eigenvalue weighted by molar-refractivity contribution is 7.52. The summed E-state index contributed by atoms with van der Waals surface area (Å²) in [6, 6.07) is 10.00. The molecule has 0 radical (unpaired) electrons. The number of nitriles is 1. The number of para-hydroxylation sites is 1. The molecular formula is C23H29N4O9P. The van der Waals surface area contributed by atoms with E-state index < -0.39 is 67.6 Å². The maximum absolute atomic E-state index is 13.7. The first kappa shape index (κ1) is 28.3. The first-order valence-electron chi connectivity index (χ1n) is 11.4. The van der Waals surface area contributed by atoms with Crippen LogP contribution in [0.3, 0.4) is 0 Å². The Balaban J connectivity index is 1.84. The minimum atomic E-state index is -4.27. The lowest BCUT2D eigenvalue weighted by molar-refractivity contribution is -0.149. The Morgan fingerprint density at radius 3 is 2.57 bits per heavy atom. The van der Waals surface area contributed by atoms with Crippen LogP contribution in [0, 0.1) is 16.7 Å². The van der Waals surface area contributed by atoms with Gasteiger partial charge in [0.25, 0.3) is 5.56 Å². The molecule has 0 aliphatic carbocycles. The molecule has 1 saturated heterocycles. The molecule has 0 saturated carbocycles. The molecule has 1 aromatic heterocycles. The molecule has 1 unspecified atom stereocenters. The van der Waals surface area contributed by atoms with Gasteiger partial charge in [-0.1, -0.05) is 18.2 Å². The number of rotatable bonds is 10. The zero-order chi connectivity index (χ0) is 27.4. The van der Waals surface area contributed by atoms with Crippen LogP contribution in [0.4, 0.5) is 0 Å². The molecule has 200 valence electrons. The molecule has 3 rings (SSSR count). The minimum Gasteiger partial charge on any atom is -0.462 e. The second-order valence-corrected chi connectivity index (χ2v) is 10.6. The number of hydrogen-bond donors (Lipinski definition) is 3. The summed E-state index contributed by atoms with van der Waals surface area (Å²) in [6.07, 6.45) is -3.29. The molecule has 0 spiro atoms. The molecule has 37 heavy (non-hydrogen) atoms. The number of ether oxygens (including phenoxy) is 2. The van der Waals surface area contributed by atoms with Gasteiger partial charge in [0.1, 0.15) is 29.4 Å². The van der Waals surface area contributed by atoms with Crippen molar-refractivity contribution in [1.29, 1.82) is 5.26 Å². The van der Waals surface area contributed by atoms with Gasteiger partial charge in [0, 0.05) is 12.3 Å². The number of aromatic amines is 1. The van der Waals surface area contributed by atoms with Gasteiger partial charge in [-0.3, -0.25) is 23.7 Å². The number of H-pyrrole nitrogens is 1. The van der Waals surface area contributed by atoms with Gasteiger partial charge in [-0.15, -0.1) is 0 Å². The van der Waals surface area contributed by atoms with E-state index in [-0.39, 0.29) is 5.75 Å². The smallest absolute Gasteiger partial charge is 0.459 e. The summed E-state index contributed by atoms with van der Waals surface area (Å²) in [7, 11) is -4.27. The highest BCUT2D eigenvalue weighted by Crippen LogP contribution is 2.48. The normalized spacial score (nSPS) is 25.7. The molecular weight excluding hydrogens is 507 g/mol. The number of aromatic nitrogens is 2. The molecule has 6 atom stereocenters. The van der Waals surface area contributed by atoms with Crippen molar-refractivity contribution in [3.05, 3.63) is 63.4 Å². The summed E-state index contributed by atoms with van der Waals surface area (Å²) in [5, 5.41) is 23.2. The number of aliphatic hydroxyl groups is 1. The number of carbonyl (C=O) groups is 1. The van der Waals surface area contributed by atoms with E-state index in [2.05, 4.69) is 10.1 Å². The molecule has 3 N–H and O–H groups in total. The molecule has 0 bridgehead atoms. The molecule has 2 aromatic rings. The van der Waals surface area contributed by atoms with E-state index >= 15 is 0 Å². The summed E-state index contributed by atoms with van der Waals surface area (Å²) in [6.45, 7) is 5.58. The SMILES string of the molecule is CC(C)OC(=O)[C@@H](C)NP(=O)(OC[C@H]1O[C@@H](n2ccc(=O)[nH]c2=O)[C@](C)(C#N)[C@@H]1O)Oc1ccccc1. The van der Waals surface area contributed by atoms with Crippen LogP contribution in [0.2, 0.25) is 0 Å². The van der Waals surface area contributed by atoms with Crippen molar-refractivity contribution in [2.45, 2.75) is 58.3 Å². The lowest BCUT2D eigenvalue weighted by atomic mass is 9.84. The van der Waals surface area contributed by atoms with Gasteiger partial charge in [0.15, 0.2) is 6.23 Å². The molecule has 1 aliphatic rings. The second kappa shape index (κ2) is 11.4. The minimum absolute atomic E-state index is 0.176. The van der Waals surface area contributed by atoms with Crippen LogP contribution in [0.25, 0.3) is 0 Å². The third-order valence-electron chi connectivity index (χ3n) is 5.56. The van der Waals surface area contributed by atoms with Crippen molar-refractivity contribution in [3.63, 3.8) is 0 Å². The number of esters is 1. The van der Waals surface area contributed by atoms with Crippen LogP contribution in [-0.2, 0) is 23.4 Å². The van der Waals surface area contributed by atoms with Gasteiger partial charge in [-0.25, -0.2) is 9.36 Å². The molecule has 13 nitrogen and oxygen atoms in total. The summed E-state index contributed by atoms with van der Waals surface area (Å²) >= 11 is 0. The van der Waals surface area contributed by atoms with Crippen molar-refractivity contribution in [3.8, 4) is 11.8 Å². The lowest BCUT2D eigenvalue weighted by Gasteiger charge is -2.26. The Hall–Kier alpha value is -3.27. The predicted octanol–water partition coefficient (Wildman–Crippen LogP) is 1.46. The Labute approximate surface area is 212 Å². The summed E-state index contributed by atoms with van der Waals surface area (Å²) in [4.78, 5) is 38.1. The average Bonchev–Trinajstić information content (AvgIpc) is 3.08. The first-order valence-corrected chi connectivity index (χ1v) is 13.0. The van der Waals surface area contributed by atoms with Gasteiger partial charge >= 0.3 is 19.4 Å². The monoisotopic (exact) mass is 536 g/mol. The van der Waals surface area contributed by atoms with E-state index in [0.29, 0.717) is 0 Å². The number of nitrogens with zero attached hydrogens (tertiary/aromatic N) is 2. The Kier molecular flexibility index (Phi) is 8.73. The van der Waals surface area contributed by atoms with Gasteiger partial charge in [0.2, 0.25) is 0 Å². The van der Waals surface area contributed by atoms with Crippen molar-refractivity contribution < 1.29 is 33.0 Å². The Bertz CT molecular complexity index is 1310. The van der Waals surface area contributed by atoms with E-state index in [1.54, 1.807) is 32.0 Å². The van der Waals surface area contributed by atoms with Crippen molar-refractivity contribution in [1.82, 2.24) is 14.6 Å². The lowest BCUT2D eigenvalue weighted by Crippen LogP contribution is -2.41. The number of carbonyl (C=O) groups excluding carboxylic acids is 1. The number of benzene rings is 1. The highest BCUT2D eigenvalue weighted by atomic mass is 31.2. The molecule has 2 heterocycles. The summed E-state index contributed by atoms with van der Waals surface area (Å²) in [5.41, 5.74) is -3.12. The van der Waals surface area contributed by atoms with Crippen LogP contribution < -0.4 is 20.9 Å². The zero-order valence-electron chi connectivity index (χ0n) is 20.7. The summed E-state index contributed by atoms with van der Waals surface area (Å²) < 4.78 is 36.7. The maximum Gasteiger partial charge on any atom is 0.459 e. The molecule has 1 fully saturated rings. The fourth-order valence-electron chi connectivity index (χ4n) is 3.64. The van der Waals surface area contributed by atoms with E-state index in [1.807, 2.05) is 6.07 Å². The van der Waals surface area contributed by atoms with Crippen LogP contribution in [0.5, 0.6) is 5.75 Å². The molecule has 0 amide bonds. The molecule has 1 aromatic carbocycles. The number of aliphatic hydroxyl groups excluding tert-OH is 1. The quantitative estimate of drug-likeness (QED) is 0.295. The first-order chi connectivity index (χ1) is 17.4. The van der Waals surface area contributed by atoms with Gasteiger partial charge in [-0.05, 0) is 39.8 Å². The molecule has 1 aliphatic heterocycles. The van der Waals surface area contributed by atoms with Crippen molar-refractivity contribution in [2.24, 2.45) is 5.41 Å². The molecule has 14 heteroatoms. The van der Waals surface area contributed by atoms with Crippen LogP contribution >= 0.6 is 7.75 Å². The third-order valence-corrected chi connectivity index (χ3v) is 7.21. The predicted molar refractivity (Wildman–Crippen MR) is 129 cm³/mol. The fraction of sp³-hybridized carbons (Fsp3) is 0.478. The van der Waals surface area contributed by atoms with E-state index in [4.69, 9.17) is 18.5 Å². The van der Waals surface area contributed by atoms with Gasteiger partial charge < -0.3 is 19.1 Å². The Morgan fingerprint density at radius 1 is 1.30 bits per heavy atom. The summed E-state index contributed by atoms with van der Waals surface area (Å²) in [5.74, 6) is -0.516. The largest absolute Gasteiger partial charge is 0.462 e. The van der Waals surface area contributed by atoms with Crippen molar-refractivity contribution >= 4 is 13.7 Å². The number of hydrogen-bond acceptors (Lipinski definition) is 10. The van der Waals surface area contributed by atoms with Crippen LogP contribution in [-0.4, -0.2) is 51.6 Å². The highest BCUT2D eigenvalue weighted by Gasteiger charge is 2.55. The topological polar surface area (TPSA) is 182 Å².